The van der Waals surface area contributed by atoms with Gasteiger partial charge in [0.25, 0.3) is 0 Å². The average Bonchev–Trinajstić information content (AvgIpc) is 1.98. The van der Waals surface area contributed by atoms with Crippen LogP contribution in [0.2, 0.25) is 0 Å². The van der Waals surface area contributed by atoms with Crippen molar-refractivity contribution in [3.05, 3.63) is 12.2 Å². The van der Waals surface area contributed by atoms with Gasteiger partial charge in [0.05, 0.1) is 6.54 Å². The normalized spacial score (nSPS) is 9.50. The van der Waals surface area contributed by atoms with Crippen molar-refractivity contribution in [2.24, 2.45) is 0 Å². The van der Waals surface area contributed by atoms with Gasteiger partial charge in [0, 0.05) is 6.54 Å². The number of hydrogen-bond acceptors (Lipinski definition) is 2. The lowest BCUT2D eigenvalue weighted by molar-refractivity contribution is -0.120. The Morgan fingerprint density at radius 2 is 2.17 bits per heavy atom. The fraction of sp³-hybridized carbons (Fsp3) is 0.667. The third-order valence-corrected chi connectivity index (χ3v) is 1.39. The van der Waals surface area contributed by atoms with Gasteiger partial charge in [-0.05, 0) is 26.8 Å². The number of amides is 1. The van der Waals surface area contributed by atoms with E-state index < -0.39 is 0 Å². The first kappa shape index (κ1) is 11.2. The first-order valence-corrected chi connectivity index (χ1v) is 4.28. The summed E-state index contributed by atoms with van der Waals surface area (Å²) in [4.78, 5) is 10.9. The standard InChI is InChI=1S/C9H18N2O/c1-4-11-9(12)7-10-6-5-8(2)3/h10H,2,4-7H2,1,3H3,(H,11,12). The van der Waals surface area contributed by atoms with E-state index in [0.29, 0.717) is 13.1 Å². The van der Waals surface area contributed by atoms with Crippen LogP contribution in [0.25, 0.3) is 0 Å². The van der Waals surface area contributed by atoms with Gasteiger partial charge in [-0.25, -0.2) is 0 Å². The van der Waals surface area contributed by atoms with Crippen molar-refractivity contribution in [1.29, 1.82) is 0 Å². The maximum atomic E-state index is 10.9. The molecule has 0 aromatic rings. The molecule has 0 atom stereocenters. The third-order valence-electron chi connectivity index (χ3n) is 1.39. The maximum Gasteiger partial charge on any atom is 0.233 e. The van der Waals surface area contributed by atoms with E-state index in [4.69, 9.17) is 0 Å². The lowest BCUT2D eigenvalue weighted by Crippen LogP contribution is -2.34. The SMILES string of the molecule is C=C(C)CCNCC(=O)NCC. The predicted molar refractivity (Wildman–Crippen MR) is 51.0 cm³/mol. The van der Waals surface area contributed by atoms with Crippen LogP contribution in [0.15, 0.2) is 12.2 Å². The molecule has 0 rings (SSSR count). The van der Waals surface area contributed by atoms with Crippen molar-refractivity contribution in [2.45, 2.75) is 20.3 Å². The smallest absolute Gasteiger partial charge is 0.233 e. The second-order valence-corrected chi connectivity index (χ2v) is 2.84. The number of carbonyl (C=O) groups excluding carboxylic acids is 1. The van der Waals surface area contributed by atoms with Crippen molar-refractivity contribution in [3.8, 4) is 0 Å². The molecular formula is C9H18N2O. The average molecular weight is 170 g/mol. The molecule has 3 nitrogen and oxygen atoms in total. The molecule has 0 aromatic carbocycles. The molecule has 1 amide bonds. The Kier molecular flexibility index (Phi) is 6.38. The summed E-state index contributed by atoms with van der Waals surface area (Å²) in [5.74, 6) is 0.0548. The van der Waals surface area contributed by atoms with E-state index in [1.54, 1.807) is 0 Å². The number of likely N-dealkylation sites (N-methyl/N-ethyl adjacent to an activating group) is 1. The summed E-state index contributed by atoms with van der Waals surface area (Å²) in [5.41, 5.74) is 1.14. The third kappa shape index (κ3) is 7.28. The Morgan fingerprint density at radius 3 is 2.67 bits per heavy atom. The molecule has 0 saturated carbocycles. The molecule has 0 aliphatic heterocycles. The molecule has 0 unspecified atom stereocenters. The molecule has 0 fully saturated rings. The Hall–Kier alpha value is -0.830. The van der Waals surface area contributed by atoms with Gasteiger partial charge in [0.15, 0.2) is 0 Å². The highest BCUT2D eigenvalue weighted by molar-refractivity contribution is 5.77. The van der Waals surface area contributed by atoms with E-state index in [1.807, 2.05) is 13.8 Å². The monoisotopic (exact) mass is 170 g/mol. The van der Waals surface area contributed by atoms with Crippen LogP contribution in [0.1, 0.15) is 20.3 Å². The summed E-state index contributed by atoms with van der Waals surface area (Å²) < 4.78 is 0. The molecule has 3 heteroatoms. The zero-order valence-corrected chi connectivity index (χ0v) is 7.94. The molecule has 0 radical (unpaired) electrons. The molecule has 0 aliphatic rings. The van der Waals surface area contributed by atoms with Gasteiger partial charge in [0.2, 0.25) is 5.91 Å². The van der Waals surface area contributed by atoms with Crippen molar-refractivity contribution in [1.82, 2.24) is 10.6 Å². The molecule has 2 N–H and O–H groups in total. The van der Waals surface area contributed by atoms with Crippen LogP contribution in [0.5, 0.6) is 0 Å². The van der Waals surface area contributed by atoms with E-state index >= 15 is 0 Å². The maximum absolute atomic E-state index is 10.9. The molecule has 12 heavy (non-hydrogen) atoms. The van der Waals surface area contributed by atoms with Crippen LogP contribution in [0.4, 0.5) is 0 Å². The Balaban J connectivity index is 3.19. The second-order valence-electron chi connectivity index (χ2n) is 2.84. The summed E-state index contributed by atoms with van der Waals surface area (Å²) in [6.45, 7) is 9.58. The van der Waals surface area contributed by atoms with Crippen LogP contribution in [0, 0.1) is 0 Å². The van der Waals surface area contributed by atoms with E-state index in [9.17, 15) is 4.79 Å². The van der Waals surface area contributed by atoms with Crippen LogP contribution in [0.3, 0.4) is 0 Å². The predicted octanol–water partition coefficient (Wildman–Crippen LogP) is 0.678. The first-order chi connectivity index (χ1) is 5.66. The number of carbonyl (C=O) groups is 1. The van der Waals surface area contributed by atoms with Gasteiger partial charge in [-0.3, -0.25) is 4.79 Å². The van der Waals surface area contributed by atoms with E-state index in [-0.39, 0.29) is 5.91 Å². The minimum atomic E-state index is 0.0548. The molecule has 0 aromatic heterocycles. The summed E-state index contributed by atoms with van der Waals surface area (Å²) in [6.07, 6.45) is 0.930. The largest absolute Gasteiger partial charge is 0.355 e. The highest BCUT2D eigenvalue weighted by atomic mass is 16.1. The Morgan fingerprint density at radius 1 is 1.50 bits per heavy atom. The highest BCUT2D eigenvalue weighted by Crippen LogP contribution is 1.90. The van der Waals surface area contributed by atoms with Gasteiger partial charge in [-0.15, -0.1) is 6.58 Å². The van der Waals surface area contributed by atoms with Crippen molar-refractivity contribution >= 4 is 5.91 Å². The Bertz CT molecular complexity index is 155. The fourth-order valence-electron chi connectivity index (χ4n) is 0.763. The van der Waals surface area contributed by atoms with E-state index in [0.717, 1.165) is 18.5 Å². The molecule has 0 spiro atoms. The van der Waals surface area contributed by atoms with Crippen molar-refractivity contribution < 1.29 is 4.79 Å². The van der Waals surface area contributed by atoms with Gasteiger partial charge in [0.1, 0.15) is 0 Å². The quantitative estimate of drug-likeness (QED) is 0.454. The fourth-order valence-corrected chi connectivity index (χ4v) is 0.763. The lowest BCUT2D eigenvalue weighted by Gasteiger charge is -2.03. The molecular weight excluding hydrogens is 152 g/mol. The van der Waals surface area contributed by atoms with Gasteiger partial charge < -0.3 is 10.6 Å². The summed E-state index contributed by atoms with van der Waals surface area (Å²) in [6, 6.07) is 0. The summed E-state index contributed by atoms with van der Waals surface area (Å²) in [5, 5.41) is 5.74. The van der Waals surface area contributed by atoms with Crippen LogP contribution in [-0.4, -0.2) is 25.5 Å². The zero-order chi connectivity index (χ0) is 9.40. The highest BCUT2D eigenvalue weighted by Gasteiger charge is 1.96. The zero-order valence-electron chi connectivity index (χ0n) is 7.94. The molecule has 0 saturated heterocycles. The summed E-state index contributed by atoms with van der Waals surface area (Å²) >= 11 is 0. The van der Waals surface area contributed by atoms with E-state index in [2.05, 4.69) is 17.2 Å². The topological polar surface area (TPSA) is 41.1 Å². The van der Waals surface area contributed by atoms with Crippen LogP contribution >= 0.6 is 0 Å². The first-order valence-electron chi connectivity index (χ1n) is 4.28. The Labute approximate surface area is 74.2 Å². The molecule has 70 valence electrons. The minimum absolute atomic E-state index is 0.0548. The van der Waals surface area contributed by atoms with Crippen molar-refractivity contribution in [3.63, 3.8) is 0 Å². The van der Waals surface area contributed by atoms with Crippen LogP contribution in [-0.2, 0) is 4.79 Å². The van der Waals surface area contributed by atoms with Gasteiger partial charge >= 0.3 is 0 Å². The molecule has 0 aliphatic carbocycles. The molecule has 0 heterocycles. The minimum Gasteiger partial charge on any atom is -0.355 e. The van der Waals surface area contributed by atoms with Crippen LogP contribution < -0.4 is 10.6 Å². The lowest BCUT2D eigenvalue weighted by atomic mass is 10.2. The number of nitrogens with one attached hydrogen (secondary N) is 2. The number of rotatable bonds is 6. The van der Waals surface area contributed by atoms with E-state index in [1.165, 1.54) is 0 Å². The van der Waals surface area contributed by atoms with Gasteiger partial charge in [-0.1, -0.05) is 5.57 Å². The second kappa shape index (κ2) is 6.85. The molecule has 0 bridgehead atoms. The number of hydrogen-bond donors (Lipinski definition) is 2. The van der Waals surface area contributed by atoms with Crippen molar-refractivity contribution in [2.75, 3.05) is 19.6 Å². The summed E-state index contributed by atoms with van der Waals surface area (Å²) in [7, 11) is 0. The van der Waals surface area contributed by atoms with Gasteiger partial charge in [-0.2, -0.15) is 0 Å².